The normalized spacial score (nSPS) is 10.8. The second-order valence-electron chi connectivity index (χ2n) is 4.08. The number of benzene rings is 1. The number of aryl methyl sites for hydroxylation is 2. The topological polar surface area (TPSA) is 29.9 Å². The molecule has 1 heterocycles. The van der Waals surface area contributed by atoms with Gasteiger partial charge in [0.05, 0.1) is 5.69 Å². The van der Waals surface area contributed by atoms with Crippen LogP contribution in [-0.4, -0.2) is 9.78 Å². The van der Waals surface area contributed by atoms with Crippen molar-refractivity contribution >= 4 is 33.2 Å². The van der Waals surface area contributed by atoms with Crippen molar-refractivity contribution < 1.29 is 8.78 Å². The van der Waals surface area contributed by atoms with Gasteiger partial charge in [-0.2, -0.15) is 5.10 Å². The molecule has 0 radical (unpaired) electrons. The van der Waals surface area contributed by atoms with Gasteiger partial charge in [-0.1, -0.05) is 27.5 Å². The third-order valence-electron chi connectivity index (χ3n) is 2.72. The lowest BCUT2D eigenvalue weighted by Gasteiger charge is -2.09. The summed E-state index contributed by atoms with van der Waals surface area (Å²) in [6.45, 7) is 1.99. The molecule has 0 aliphatic heterocycles. The zero-order chi connectivity index (χ0) is 14.2. The molecule has 102 valence electrons. The summed E-state index contributed by atoms with van der Waals surface area (Å²) in [5.41, 5.74) is 1.26. The Morgan fingerprint density at radius 1 is 1.37 bits per heavy atom. The van der Waals surface area contributed by atoms with Gasteiger partial charge in [0.1, 0.15) is 22.5 Å². The predicted molar refractivity (Wildman–Crippen MR) is 74.3 cm³/mol. The lowest BCUT2D eigenvalue weighted by atomic mass is 10.2. The van der Waals surface area contributed by atoms with Crippen molar-refractivity contribution in [2.45, 2.75) is 13.5 Å². The molecule has 2 aromatic rings. The van der Waals surface area contributed by atoms with E-state index < -0.39 is 11.6 Å². The fourth-order valence-electron chi connectivity index (χ4n) is 1.76. The molecule has 0 bridgehead atoms. The number of rotatable bonds is 3. The first-order valence-electron chi connectivity index (χ1n) is 5.46. The van der Waals surface area contributed by atoms with E-state index in [1.807, 2.05) is 0 Å². The molecule has 0 saturated heterocycles. The minimum absolute atomic E-state index is 0.178. The maximum atomic E-state index is 13.6. The summed E-state index contributed by atoms with van der Waals surface area (Å²) in [7, 11) is 1.71. The molecular formula is C12H11BrClF2N3. The van der Waals surface area contributed by atoms with Crippen LogP contribution in [0.25, 0.3) is 0 Å². The Morgan fingerprint density at radius 3 is 2.42 bits per heavy atom. The summed E-state index contributed by atoms with van der Waals surface area (Å²) in [5, 5.41) is 7.29. The van der Waals surface area contributed by atoms with Crippen molar-refractivity contribution in [2.24, 2.45) is 7.05 Å². The summed E-state index contributed by atoms with van der Waals surface area (Å²) in [6.07, 6.45) is 0. The molecule has 0 unspecified atom stereocenters. The maximum absolute atomic E-state index is 13.6. The lowest BCUT2D eigenvalue weighted by molar-refractivity contribution is 0.586. The second-order valence-corrected chi connectivity index (χ2v) is 5.35. The molecule has 2 rings (SSSR count). The van der Waals surface area contributed by atoms with Crippen LogP contribution in [-0.2, 0) is 13.6 Å². The van der Waals surface area contributed by atoms with Crippen molar-refractivity contribution in [3.8, 4) is 0 Å². The van der Waals surface area contributed by atoms with Gasteiger partial charge in [-0.05, 0) is 19.1 Å². The minimum Gasteiger partial charge on any atom is -0.376 e. The molecule has 0 amide bonds. The minimum atomic E-state index is -0.662. The molecule has 1 aromatic heterocycles. The van der Waals surface area contributed by atoms with Crippen molar-refractivity contribution in [2.75, 3.05) is 5.32 Å². The molecule has 0 spiro atoms. The monoisotopic (exact) mass is 349 g/mol. The average molecular weight is 351 g/mol. The van der Waals surface area contributed by atoms with E-state index in [2.05, 4.69) is 26.3 Å². The zero-order valence-electron chi connectivity index (χ0n) is 10.3. The van der Waals surface area contributed by atoms with Crippen molar-refractivity contribution in [1.82, 2.24) is 9.78 Å². The maximum Gasteiger partial charge on any atom is 0.150 e. The third kappa shape index (κ3) is 2.90. The smallest absolute Gasteiger partial charge is 0.150 e. The molecule has 1 aromatic carbocycles. The molecule has 0 atom stereocenters. The van der Waals surface area contributed by atoms with Gasteiger partial charge in [-0.15, -0.1) is 0 Å². The Hall–Kier alpha value is -1.14. The van der Waals surface area contributed by atoms with E-state index in [1.54, 1.807) is 14.0 Å². The third-order valence-corrected chi connectivity index (χ3v) is 3.65. The number of hydrogen-bond donors (Lipinski definition) is 1. The van der Waals surface area contributed by atoms with Gasteiger partial charge in [0.15, 0.2) is 0 Å². The molecule has 3 nitrogen and oxygen atoms in total. The Morgan fingerprint density at radius 2 is 1.95 bits per heavy atom. The van der Waals surface area contributed by atoms with Crippen LogP contribution in [0, 0.1) is 18.6 Å². The van der Waals surface area contributed by atoms with Crippen LogP contribution in [0.15, 0.2) is 16.6 Å². The van der Waals surface area contributed by atoms with Gasteiger partial charge in [0.2, 0.25) is 0 Å². The van der Waals surface area contributed by atoms with Gasteiger partial charge in [0.25, 0.3) is 0 Å². The van der Waals surface area contributed by atoms with Crippen LogP contribution >= 0.6 is 27.5 Å². The molecule has 1 N–H and O–H groups in total. The highest BCUT2D eigenvalue weighted by molar-refractivity contribution is 9.10. The first-order chi connectivity index (χ1) is 8.90. The summed E-state index contributed by atoms with van der Waals surface area (Å²) in [5.74, 6) is -1.32. The molecule has 0 saturated carbocycles. The molecule has 7 heteroatoms. The predicted octanol–water partition coefficient (Wildman–Crippen LogP) is 4.03. The summed E-state index contributed by atoms with van der Waals surface area (Å²) in [6, 6.07) is 2.40. The fraction of sp³-hybridized carbons (Fsp3) is 0.250. The van der Waals surface area contributed by atoms with Crippen LogP contribution in [0.2, 0.25) is 5.15 Å². The number of anilines is 1. The zero-order valence-corrected chi connectivity index (χ0v) is 12.6. The van der Waals surface area contributed by atoms with E-state index in [1.165, 1.54) is 16.8 Å². The van der Waals surface area contributed by atoms with Crippen molar-refractivity contribution in [1.29, 1.82) is 0 Å². The van der Waals surface area contributed by atoms with E-state index in [4.69, 9.17) is 11.6 Å². The first-order valence-corrected chi connectivity index (χ1v) is 6.63. The number of nitrogens with one attached hydrogen (secondary N) is 1. The number of aromatic nitrogens is 2. The summed E-state index contributed by atoms with van der Waals surface area (Å²) < 4.78 is 29.1. The number of nitrogens with zero attached hydrogens (tertiary/aromatic N) is 2. The SMILES string of the molecule is Cc1nn(C)c(Cl)c1CNc1c(F)cc(Br)cc1F. The molecule has 0 aliphatic carbocycles. The highest BCUT2D eigenvalue weighted by Crippen LogP contribution is 2.26. The van der Waals surface area contributed by atoms with E-state index in [0.29, 0.717) is 15.2 Å². The quantitative estimate of drug-likeness (QED) is 0.905. The van der Waals surface area contributed by atoms with E-state index >= 15 is 0 Å². The Kier molecular flexibility index (Phi) is 4.10. The Balaban J connectivity index is 2.24. The highest BCUT2D eigenvalue weighted by Gasteiger charge is 2.14. The summed E-state index contributed by atoms with van der Waals surface area (Å²) >= 11 is 9.08. The first kappa shape index (κ1) is 14.3. The summed E-state index contributed by atoms with van der Waals surface area (Å²) in [4.78, 5) is 0. The molecule has 19 heavy (non-hydrogen) atoms. The van der Waals surface area contributed by atoms with Crippen molar-refractivity contribution in [3.63, 3.8) is 0 Å². The number of hydrogen-bond acceptors (Lipinski definition) is 2. The van der Waals surface area contributed by atoms with Crippen LogP contribution in [0.1, 0.15) is 11.3 Å². The van der Waals surface area contributed by atoms with Gasteiger partial charge >= 0.3 is 0 Å². The van der Waals surface area contributed by atoms with Crippen LogP contribution in [0.4, 0.5) is 14.5 Å². The van der Waals surface area contributed by atoms with Gasteiger partial charge in [-0.3, -0.25) is 4.68 Å². The largest absolute Gasteiger partial charge is 0.376 e. The second kappa shape index (κ2) is 5.46. The van der Waals surface area contributed by atoms with E-state index in [9.17, 15) is 8.78 Å². The standard InChI is InChI=1S/C12H11BrClF2N3/c1-6-8(12(14)19(2)18-6)5-17-11-9(15)3-7(13)4-10(11)16/h3-4,17H,5H2,1-2H3. The molecule has 0 aliphatic rings. The van der Waals surface area contributed by atoms with Crippen LogP contribution in [0.5, 0.6) is 0 Å². The Labute approximate surface area is 122 Å². The Bertz CT molecular complexity index is 605. The highest BCUT2D eigenvalue weighted by atomic mass is 79.9. The molecule has 0 fully saturated rings. The van der Waals surface area contributed by atoms with E-state index in [-0.39, 0.29) is 12.2 Å². The average Bonchev–Trinajstić information content (AvgIpc) is 2.53. The van der Waals surface area contributed by atoms with Crippen molar-refractivity contribution in [3.05, 3.63) is 44.7 Å². The lowest BCUT2D eigenvalue weighted by Crippen LogP contribution is -2.05. The van der Waals surface area contributed by atoms with Crippen LogP contribution < -0.4 is 5.32 Å². The molecular weight excluding hydrogens is 340 g/mol. The van der Waals surface area contributed by atoms with Gasteiger partial charge in [0, 0.05) is 23.6 Å². The van der Waals surface area contributed by atoms with Crippen LogP contribution in [0.3, 0.4) is 0 Å². The van der Waals surface area contributed by atoms with Gasteiger partial charge < -0.3 is 5.32 Å². The fourth-order valence-corrected chi connectivity index (χ4v) is 2.41. The number of halogens is 4. The van der Waals surface area contributed by atoms with Gasteiger partial charge in [-0.25, -0.2) is 8.78 Å². The van der Waals surface area contributed by atoms with E-state index in [0.717, 1.165) is 5.69 Å².